The Morgan fingerprint density at radius 1 is 1.14 bits per heavy atom. The Morgan fingerprint density at radius 3 is 2.39 bits per heavy atom. The van der Waals surface area contributed by atoms with Crippen molar-refractivity contribution in [3.63, 3.8) is 0 Å². The molecule has 1 amide bonds. The van der Waals surface area contributed by atoms with Crippen LogP contribution in [0.5, 0.6) is 5.75 Å². The number of rotatable bonds is 6. The summed E-state index contributed by atoms with van der Waals surface area (Å²) in [5.74, 6) is 0.458. The first kappa shape index (κ1) is 20.2. The summed E-state index contributed by atoms with van der Waals surface area (Å²) >= 11 is 0. The normalized spacial score (nSPS) is 14.9. The van der Waals surface area contributed by atoms with Crippen molar-refractivity contribution in [3.8, 4) is 5.75 Å². The molecule has 0 saturated carbocycles. The Bertz CT molecular complexity index is 941. The molecule has 0 radical (unpaired) electrons. The van der Waals surface area contributed by atoms with Gasteiger partial charge in [-0.2, -0.15) is 0 Å². The molecular weight excluding hydrogens is 376 g/mol. The average Bonchev–Trinajstić information content (AvgIpc) is 2.67. The number of hydrogen-bond donors (Lipinski definition) is 0. The summed E-state index contributed by atoms with van der Waals surface area (Å²) in [5.41, 5.74) is 2.80. The molecule has 2 aromatic carbocycles. The minimum Gasteiger partial charge on any atom is -0.494 e. The molecule has 1 heterocycles. The number of sulfonamides is 1. The highest BCUT2D eigenvalue weighted by molar-refractivity contribution is 7.92. The molecule has 0 saturated heterocycles. The summed E-state index contributed by atoms with van der Waals surface area (Å²) in [6.07, 6.45) is 1.90. The van der Waals surface area contributed by atoms with E-state index in [1.54, 1.807) is 36.1 Å². The predicted molar refractivity (Wildman–Crippen MR) is 110 cm³/mol. The van der Waals surface area contributed by atoms with Gasteiger partial charge in [-0.1, -0.05) is 24.3 Å². The van der Waals surface area contributed by atoms with Crippen molar-refractivity contribution in [1.29, 1.82) is 0 Å². The molecule has 2 aromatic rings. The largest absolute Gasteiger partial charge is 0.494 e. The van der Waals surface area contributed by atoms with Crippen LogP contribution in [0, 0.1) is 0 Å². The summed E-state index contributed by atoms with van der Waals surface area (Å²) in [4.78, 5) is 14.9. The molecule has 3 rings (SSSR count). The first-order valence-corrected chi connectivity index (χ1v) is 11.2. The van der Waals surface area contributed by atoms with Gasteiger partial charge in [0.1, 0.15) is 11.8 Å². The fraction of sp³-hybridized carbons (Fsp3) is 0.381. The Labute approximate surface area is 166 Å². The molecule has 1 atom stereocenters. The Balaban J connectivity index is 1.84. The van der Waals surface area contributed by atoms with Crippen molar-refractivity contribution in [1.82, 2.24) is 4.90 Å². The van der Waals surface area contributed by atoms with E-state index < -0.39 is 16.1 Å². The van der Waals surface area contributed by atoms with Crippen molar-refractivity contribution < 1.29 is 17.9 Å². The van der Waals surface area contributed by atoms with E-state index in [2.05, 4.69) is 6.07 Å². The quantitative estimate of drug-likeness (QED) is 0.745. The van der Waals surface area contributed by atoms with Crippen LogP contribution in [0.2, 0.25) is 0 Å². The summed E-state index contributed by atoms with van der Waals surface area (Å²) in [6, 6.07) is 14.0. The second-order valence-electron chi connectivity index (χ2n) is 6.94. The molecule has 0 N–H and O–H groups in total. The molecule has 0 unspecified atom stereocenters. The molecule has 1 aliphatic rings. The molecule has 0 aromatic heterocycles. The van der Waals surface area contributed by atoms with E-state index in [4.69, 9.17) is 4.74 Å². The van der Waals surface area contributed by atoms with E-state index in [-0.39, 0.29) is 5.91 Å². The van der Waals surface area contributed by atoms with Crippen LogP contribution in [0.4, 0.5) is 5.69 Å². The van der Waals surface area contributed by atoms with Gasteiger partial charge in [0.25, 0.3) is 0 Å². The van der Waals surface area contributed by atoms with Gasteiger partial charge >= 0.3 is 0 Å². The Kier molecular flexibility index (Phi) is 5.93. The summed E-state index contributed by atoms with van der Waals surface area (Å²) in [6.45, 7) is 5.14. The zero-order chi connectivity index (χ0) is 20.3. The van der Waals surface area contributed by atoms with Gasteiger partial charge in [0, 0.05) is 13.1 Å². The van der Waals surface area contributed by atoms with Gasteiger partial charge in [0.2, 0.25) is 15.9 Å². The van der Waals surface area contributed by atoms with Gasteiger partial charge in [-0.3, -0.25) is 9.10 Å². The van der Waals surface area contributed by atoms with Gasteiger partial charge < -0.3 is 9.64 Å². The monoisotopic (exact) mass is 402 g/mol. The fourth-order valence-electron chi connectivity index (χ4n) is 3.61. The number of carbonyl (C=O) groups excluding carboxylic acids is 1. The number of anilines is 1. The summed E-state index contributed by atoms with van der Waals surface area (Å²) in [7, 11) is -3.64. The number of fused-ring (bicyclic) bond motifs is 1. The predicted octanol–water partition coefficient (Wildman–Crippen LogP) is 2.82. The Hall–Kier alpha value is -2.54. The first-order valence-electron chi connectivity index (χ1n) is 9.39. The van der Waals surface area contributed by atoms with Gasteiger partial charge in [0.15, 0.2) is 0 Å². The maximum atomic E-state index is 13.1. The number of benzene rings is 2. The molecule has 7 heteroatoms. The topological polar surface area (TPSA) is 66.9 Å². The number of amides is 1. The first-order chi connectivity index (χ1) is 13.3. The molecule has 0 fully saturated rings. The SMILES string of the molecule is CCOc1ccc(N([C@H](C)C(=O)N2CCc3ccccc3C2)S(C)(=O)=O)cc1. The molecule has 150 valence electrons. The van der Waals surface area contributed by atoms with Crippen molar-refractivity contribution in [2.24, 2.45) is 0 Å². The lowest BCUT2D eigenvalue weighted by atomic mass is 9.99. The van der Waals surface area contributed by atoms with Crippen LogP contribution in [0.15, 0.2) is 48.5 Å². The Morgan fingerprint density at radius 2 is 1.79 bits per heavy atom. The highest BCUT2D eigenvalue weighted by atomic mass is 32.2. The second kappa shape index (κ2) is 8.22. The highest BCUT2D eigenvalue weighted by Crippen LogP contribution is 2.26. The van der Waals surface area contributed by atoms with E-state index in [0.29, 0.717) is 31.1 Å². The van der Waals surface area contributed by atoms with E-state index in [1.807, 2.05) is 25.1 Å². The molecule has 0 aliphatic carbocycles. The lowest BCUT2D eigenvalue weighted by molar-refractivity contribution is -0.132. The molecule has 0 spiro atoms. The van der Waals surface area contributed by atoms with Gasteiger partial charge in [0.05, 0.1) is 18.6 Å². The van der Waals surface area contributed by atoms with Crippen LogP contribution < -0.4 is 9.04 Å². The third-order valence-electron chi connectivity index (χ3n) is 4.91. The minimum absolute atomic E-state index is 0.200. The van der Waals surface area contributed by atoms with Crippen LogP contribution in [-0.4, -0.2) is 44.7 Å². The fourth-order valence-corrected chi connectivity index (χ4v) is 4.78. The van der Waals surface area contributed by atoms with E-state index >= 15 is 0 Å². The van der Waals surface area contributed by atoms with Crippen LogP contribution in [0.3, 0.4) is 0 Å². The van der Waals surface area contributed by atoms with E-state index in [0.717, 1.165) is 18.2 Å². The molecule has 28 heavy (non-hydrogen) atoms. The summed E-state index contributed by atoms with van der Waals surface area (Å²) < 4.78 is 31.6. The van der Waals surface area contributed by atoms with E-state index in [1.165, 1.54) is 9.87 Å². The van der Waals surface area contributed by atoms with Crippen LogP contribution in [0.25, 0.3) is 0 Å². The highest BCUT2D eigenvalue weighted by Gasteiger charge is 2.33. The van der Waals surface area contributed by atoms with Crippen molar-refractivity contribution in [3.05, 3.63) is 59.7 Å². The number of hydrogen-bond acceptors (Lipinski definition) is 4. The molecular formula is C21H26N2O4S. The maximum absolute atomic E-state index is 13.1. The number of ether oxygens (including phenoxy) is 1. The molecule has 1 aliphatic heterocycles. The van der Waals surface area contributed by atoms with Crippen LogP contribution >= 0.6 is 0 Å². The number of carbonyl (C=O) groups is 1. The van der Waals surface area contributed by atoms with Gasteiger partial charge in [-0.05, 0) is 55.7 Å². The summed E-state index contributed by atoms with van der Waals surface area (Å²) in [5, 5.41) is 0. The minimum atomic E-state index is -3.64. The van der Waals surface area contributed by atoms with Crippen molar-refractivity contribution >= 4 is 21.6 Å². The zero-order valence-corrected chi connectivity index (χ0v) is 17.3. The van der Waals surface area contributed by atoms with Gasteiger partial charge in [-0.25, -0.2) is 8.42 Å². The average molecular weight is 403 g/mol. The van der Waals surface area contributed by atoms with E-state index in [9.17, 15) is 13.2 Å². The zero-order valence-electron chi connectivity index (χ0n) is 16.5. The van der Waals surface area contributed by atoms with Crippen molar-refractivity contribution in [2.75, 3.05) is 23.7 Å². The molecule has 6 nitrogen and oxygen atoms in total. The lowest BCUT2D eigenvalue weighted by Crippen LogP contribution is -2.50. The van der Waals surface area contributed by atoms with Gasteiger partial charge in [-0.15, -0.1) is 0 Å². The standard InChI is InChI=1S/C21H26N2O4S/c1-4-27-20-11-9-19(10-12-20)23(28(3,25)26)16(2)21(24)22-14-13-17-7-5-6-8-18(17)15-22/h5-12,16H,4,13-15H2,1-3H3/t16-/m1/s1. The third kappa shape index (κ3) is 4.30. The molecule has 0 bridgehead atoms. The third-order valence-corrected chi connectivity index (χ3v) is 6.15. The maximum Gasteiger partial charge on any atom is 0.246 e. The smallest absolute Gasteiger partial charge is 0.246 e. The number of nitrogens with zero attached hydrogens (tertiary/aromatic N) is 2. The van der Waals surface area contributed by atoms with Crippen LogP contribution in [0.1, 0.15) is 25.0 Å². The van der Waals surface area contributed by atoms with Crippen LogP contribution in [-0.2, 0) is 27.8 Å². The lowest BCUT2D eigenvalue weighted by Gasteiger charge is -2.35. The van der Waals surface area contributed by atoms with Crippen molar-refractivity contribution in [2.45, 2.75) is 32.9 Å². The second-order valence-corrected chi connectivity index (χ2v) is 8.80.